The third kappa shape index (κ3) is 5.69. The molecule has 0 spiro atoms. The molecule has 0 saturated heterocycles. The molecule has 0 unspecified atom stereocenters. The third-order valence-corrected chi connectivity index (χ3v) is 5.67. The first-order valence-corrected chi connectivity index (χ1v) is 10.1. The molecule has 0 heterocycles. The summed E-state index contributed by atoms with van der Waals surface area (Å²) in [5, 5.41) is 13.8. The fourth-order valence-corrected chi connectivity index (χ4v) is 3.47. The van der Waals surface area contributed by atoms with Gasteiger partial charge < -0.3 is 14.6 Å². The molecule has 2 N–H and O–H groups in total. The second-order valence-electron chi connectivity index (χ2n) is 5.86. The Morgan fingerprint density at radius 3 is 2.55 bits per heavy atom. The lowest BCUT2D eigenvalue weighted by atomic mass is 10.2. The number of hydrogen-bond donors (Lipinski definition) is 2. The minimum absolute atomic E-state index is 0.0368. The van der Waals surface area contributed by atoms with Gasteiger partial charge in [-0.25, -0.2) is 13.8 Å². The highest BCUT2D eigenvalue weighted by atomic mass is 32.2. The summed E-state index contributed by atoms with van der Waals surface area (Å²) < 4.78 is 36.2. The van der Waals surface area contributed by atoms with Crippen molar-refractivity contribution in [3.8, 4) is 17.2 Å². The molecule has 0 aromatic heterocycles. The number of sulfonamides is 1. The molecule has 0 bridgehead atoms. The molecule has 9 nitrogen and oxygen atoms in total. The number of ether oxygens (including phenoxy) is 2. The van der Waals surface area contributed by atoms with Gasteiger partial charge in [-0.1, -0.05) is 6.07 Å². The van der Waals surface area contributed by atoms with Crippen molar-refractivity contribution < 1.29 is 27.8 Å². The molecule has 0 aliphatic heterocycles. The highest BCUT2D eigenvalue weighted by Gasteiger charge is 2.22. The number of carbonyl (C=O) groups excluding carboxylic acids is 1. The van der Waals surface area contributed by atoms with Crippen molar-refractivity contribution in [2.24, 2.45) is 5.10 Å². The van der Waals surface area contributed by atoms with E-state index < -0.39 is 22.5 Å². The average molecular weight is 421 g/mol. The number of amides is 1. The normalized spacial score (nSPS) is 11.6. The number of para-hydroxylation sites is 1. The Morgan fingerprint density at radius 2 is 1.93 bits per heavy atom. The maximum absolute atomic E-state index is 12.5. The van der Waals surface area contributed by atoms with Crippen LogP contribution in [0.4, 0.5) is 0 Å². The van der Waals surface area contributed by atoms with Gasteiger partial charge in [-0.05, 0) is 43.3 Å². The Morgan fingerprint density at radius 1 is 1.24 bits per heavy atom. The van der Waals surface area contributed by atoms with Gasteiger partial charge in [0.1, 0.15) is 5.75 Å². The minimum Gasteiger partial charge on any atom is -0.504 e. The van der Waals surface area contributed by atoms with Crippen molar-refractivity contribution in [1.82, 2.24) is 9.73 Å². The topological polar surface area (TPSA) is 118 Å². The van der Waals surface area contributed by atoms with Crippen molar-refractivity contribution in [2.45, 2.75) is 11.8 Å². The molecule has 156 valence electrons. The van der Waals surface area contributed by atoms with Crippen LogP contribution in [0.2, 0.25) is 0 Å². The van der Waals surface area contributed by atoms with Crippen LogP contribution in [0.5, 0.6) is 17.2 Å². The lowest BCUT2D eigenvalue weighted by molar-refractivity contribution is -0.121. The number of benzene rings is 2. The van der Waals surface area contributed by atoms with E-state index in [-0.39, 0.29) is 10.6 Å². The van der Waals surface area contributed by atoms with Gasteiger partial charge >= 0.3 is 0 Å². The van der Waals surface area contributed by atoms with Crippen LogP contribution in [0.15, 0.2) is 52.5 Å². The van der Waals surface area contributed by atoms with Crippen LogP contribution in [-0.2, 0) is 14.8 Å². The lowest BCUT2D eigenvalue weighted by Gasteiger charge is -2.16. The SMILES string of the molecule is CCOc1cccc(/C=N\NC(=O)CN(C)S(=O)(=O)c2ccc(OC)cc2)c1O. The van der Waals surface area contributed by atoms with Gasteiger partial charge in [-0.15, -0.1) is 0 Å². The predicted octanol–water partition coefficient (Wildman–Crippen LogP) is 1.57. The minimum atomic E-state index is -3.85. The smallest absolute Gasteiger partial charge is 0.255 e. The monoisotopic (exact) mass is 421 g/mol. The summed E-state index contributed by atoms with van der Waals surface area (Å²) in [6.45, 7) is 1.74. The van der Waals surface area contributed by atoms with E-state index >= 15 is 0 Å². The molecule has 0 aliphatic carbocycles. The molecule has 0 saturated carbocycles. The van der Waals surface area contributed by atoms with E-state index in [4.69, 9.17) is 9.47 Å². The summed E-state index contributed by atoms with van der Waals surface area (Å²) >= 11 is 0. The van der Waals surface area contributed by atoms with Crippen molar-refractivity contribution >= 4 is 22.1 Å². The van der Waals surface area contributed by atoms with Crippen molar-refractivity contribution in [1.29, 1.82) is 0 Å². The Balaban J connectivity index is 1.99. The Bertz CT molecular complexity index is 974. The molecule has 0 radical (unpaired) electrons. The van der Waals surface area contributed by atoms with Crippen LogP contribution in [-0.4, -0.2) is 57.3 Å². The number of phenols is 1. The number of hydrazone groups is 1. The van der Waals surface area contributed by atoms with Gasteiger partial charge in [0.25, 0.3) is 5.91 Å². The molecule has 2 aromatic carbocycles. The molecule has 29 heavy (non-hydrogen) atoms. The largest absolute Gasteiger partial charge is 0.504 e. The van der Waals surface area contributed by atoms with Crippen molar-refractivity contribution in [3.63, 3.8) is 0 Å². The van der Waals surface area contributed by atoms with Gasteiger partial charge in [-0.2, -0.15) is 9.41 Å². The fraction of sp³-hybridized carbons (Fsp3) is 0.263. The number of hydrogen-bond acceptors (Lipinski definition) is 7. The maximum atomic E-state index is 12.5. The summed E-state index contributed by atoms with van der Waals surface area (Å²) in [5.41, 5.74) is 2.58. The number of methoxy groups -OCH3 is 1. The molecule has 0 aliphatic rings. The van der Waals surface area contributed by atoms with Crippen LogP contribution < -0.4 is 14.9 Å². The molecule has 10 heteroatoms. The van der Waals surface area contributed by atoms with E-state index in [1.165, 1.54) is 44.6 Å². The van der Waals surface area contributed by atoms with Gasteiger partial charge in [0.15, 0.2) is 11.5 Å². The molecule has 2 aromatic rings. The summed E-state index contributed by atoms with van der Waals surface area (Å²) in [6.07, 6.45) is 1.24. The van der Waals surface area contributed by atoms with Crippen LogP contribution >= 0.6 is 0 Å². The quantitative estimate of drug-likeness (QED) is 0.469. The molecule has 2 rings (SSSR count). The first-order valence-electron chi connectivity index (χ1n) is 8.66. The fourth-order valence-electron chi connectivity index (χ4n) is 2.34. The summed E-state index contributed by atoms with van der Waals surface area (Å²) in [5.74, 6) is 0.0799. The van der Waals surface area contributed by atoms with Crippen LogP contribution in [0.3, 0.4) is 0 Å². The lowest BCUT2D eigenvalue weighted by Crippen LogP contribution is -2.36. The van der Waals surface area contributed by atoms with Crippen LogP contribution in [0.1, 0.15) is 12.5 Å². The third-order valence-electron chi connectivity index (χ3n) is 3.86. The number of likely N-dealkylation sites (N-methyl/N-ethyl adjacent to an activating group) is 1. The molecular weight excluding hydrogens is 398 g/mol. The zero-order chi connectivity index (χ0) is 21.4. The highest BCUT2D eigenvalue weighted by molar-refractivity contribution is 7.89. The summed E-state index contributed by atoms with van der Waals surface area (Å²) in [7, 11) is -1.07. The van der Waals surface area contributed by atoms with E-state index in [1.807, 2.05) is 0 Å². The number of aromatic hydroxyl groups is 1. The molecule has 0 fully saturated rings. The van der Waals surface area contributed by atoms with E-state index in [2.05, 4.69) is 10.5 Å². The molecule has 1 amide bonds. The Kier molecular flexibility index (Phi) is 7.57. The summed E-state index contributed by atoms with van der Waals surface area (Å²) in [4.78, 5) is 12.1. The molecular formula is C19H23N3O6S. The van der Waals surface area contributed by atoms with E-state index in [1.54, 1.807) is 25.1 Å². The first-order chi connectivity index (χ1) is 13.8. The van der Waals surface area contributed by atoms with E-state index in [9.17, 15) is 18.3 Å². The van der Waals surface area contributed by atoms with Gasteiger partial charge in [-0.3, -0.25) is 4.79 Å². The van der Waals surface area contributed by atoms with E-state index in [0.717, 1.165) is 4.31 Å². The van der Waals surface area contributed by atoms with Crippen molar-refractivity contribution in [2.75, 3.05) is 27.3 Å². The highest BCUT2D eigenvalue weighted by Crippen LogP contribution is 2.28. The Hall–Kier alpha value is -3.11. The van der Waals surface area contributed by atoms with Crippen molar-refractivity contribution in [3.05, 3.63) is 48.0 Å². The number of rotatable bonds is 9. The second kappa shape index (κ2) is 9.89. The zero-order valence-electron chi connectivity index (χ0n) is 16.3. The number of phenolic OH excluding ortho intramolecular Hbond substituents is 1. The summed E-state index contributed by atoms with van der Waals surface area (Å²) in [6, 6.07) is 10.7. The number of nitrogens with one attached hydrogen (secondary N) is 1. The van der Waals surface area contributed by atoms with Crippen LogP contribution in [0, 0.1) is 0 Å². The van der Waals surface area contributed by atoms with E-state index in [0.29, 0.717) is 23.7 Å². The average Bonchev–Trinajstić information content (AvgIpc) is 2.70. The number of carbonyl (C=O) groups is 1. The van der Waals surface area contributed by atoms with Gasteiger partial charge in [0.05, 0.1) is 31.4 Å². The standard InChI is InChI=1S/C19H23N3O6S/c1-4-28-17-7-5-6-14(19(17)24)12-20-21-18(23)13-22(2)29(25,26)16-10-8-15(27-3)9-11-16/h5-12,24H,4,13H2,1-3H3,(H,21,23)/b20-12-. The Labute approximate surface area is 169 Å². The maximum Gasteiger partial charge on any atom is 0.255 e. The van der Waals surface area contributed by atoms with Gasteiger partial charge in [0, 0.05) is 12.6 Å². The number of nitrogens with zero attached hydrogens (tertiary/aromatic N) is 2. The second-order valence-corrected chi connectivity index (χ2v) is 7.90. The predicted molar refractivity (Wildman–Crippen MR) is 108 cm³/mol. The van der Waals surface area contributed by atoms with Gasteiger partial charge in [0.2, 0.25) is 10.0 Å². The first kappa shape index (κ1) is 22.2. The molecule has 0 atom stereocenters. The zero-order valence-corrected chi connectivity index (χ0v) is 17.1. The van der Waals surface area contributed by atoms with Crippen LogP contribution in [0.25, 0.3) is 0 Å².